The predicted octanol–water partition coefficient (Wildman–Crippen LogP) is 3.64. The lowest BCUT2D eigenvalue weighted by Gasteiger charge is -2.12. The number of rotatable bonds is 1. The van der Waals surface area contributed by atoms with E-state index in [-0.39, 0.29) is 12.7 Å². The molecular weight excluding hydrogens is 302 g/mol. The topological polar surface area (TPSA) is 26.3 Å². The molecule has 0 heterocycles. The molecule has 0 saturated carbocycles. The van der Waals surface area contributed by atoms with Crippen molar-refractivity contribution >= 4 is 5.97 Å². The Morgan fingerprint density at radius 1 is 1.05 bits per heavy atom. The largest absolute Gasteiger partial charge is 0.456 e. The van der Waals surface area contributed by atoms with Gasteiger partial charge in [0.2, 0.25) is 0 Å². The van der Waals surface area contributed by atoms with E-state index in [1.807, 2.05) is 11.8 Å². The highest BCUT2D eigenvalue weighted by atomic mass is 19.4. The number of carbonyl (C=O) groups is 1. The lowest BCUT2D eigenvalue weighted by Crippen LogP contribution is -2.11. The highest BCUT2D eigenvalue weighted by Gasteiger charge is 2.36. The Hall–Kier alpha value is -2.17. The van der Waals surface area contributed by atoms with E-state index in [1.165, 1.54) is 6.92 Å². The third kappa shape index (κ3) is 5.02. The van der Waals surface area contributed by atoms with Crippen LogP contribution in [0.5, 0.6) is 0 Å². The molecule has 0 spiro atoms. The minimum Gasteiger partial charge on any atom is -0.456 e. The summed E-state index contributed by atoms with van der Waals surface area (Å²) < 4.78 is 79.7. The summed E-state index contributed by atoms with van der Waals surface area (Å²) in [5.41, 5.74) is -3.57. The van der Waals surface area contributed by atoms with Gasteiger partial charge in [0.1, 0.15) is 0 Å². The number of esters is 1. The number of benzene rings is 1. The molecule has 0 atom stereocenters. The number of alkyl halides is 6. The molecule has 0 saturated heterocycles. The Balaban J connectivity index is 3.30. The predicted molar refractivity (Wildman–Crippen MR) is 60.0 cm³/mol. The molecule has 0 amide bonds. The fourth-order valence-corrected chi connectivity index (χ4v) is 1.32. The first-order valence-electron chi connectivity index (χ1n) is 5.52. The first-order chi connectivity index (χ1) is 9.54. The molecule has 0 radical (unpaired) electrons. The van der Waals surface area contributed by atoms with Crippen molar-refractivity contribution in [2.24, 2.45) is 0 Å². The zero-order valence-electron chi connectivity index (χ0n) is 10.5. The second-order valence-corrected chi connectivity index (χ2v) is 3.77. The molecule has 0 aromatic heterocycles. The summed E-state index contributed by atoms with van der Waals surface area (Å²) in [5, 5.41) is 0. The Morgan fingerprint density at radius 3 is 1.90 bits per heavy atom. The Morgan fingerprint density at radius 2 is 1.52 bits per heavy atom. The zero-order valence-corrected chi connectivity index (χ0v) is 10.5. The molecule has 0 fully saturated rings. The summed E-state index contributed by atoms with van der Waals surface area (Å²) in [7, 11) is 0. The van der Waals surface area contributed by atoms with E-state index in [0.29, 0.717) is 12.1 Å². The lowest BCUT2D eigenvalue weighted by molar-refractivity contribution is -0.143. The van der Waals surface area contributed by atoms with E-state index in [1.54, 1.807) is 0 Å². The molecule has 0 aliphatic carbocycles. The van der Waals surface area contributed by atoms with E-state index in [9.17, 15) is 31.1 Å². The highest BCUT2D eigenvalue weighted by Crippen LogP contribution is 2.36. The molecule has 1 rings (SSSR count). The Bertz CT molecular complexity index is 557. The molecule has 8 heteroatoms. The number of hydrogen-bond acceptors (Lipinski definition) is 2. The van der Waals surface area contributed by atoms with Gasteiger partial charge in [0.15, 0.2) is 0 Å². The van der Waals surface area contributed by atoms with Crippen LogP contribution < -0.4 is 0 Å². The third-order valence-electron chi connectivity index (χ3n) is 2.17. The van der Waals surface area contributed by atoms with Crippen molar-refractivity contribution in [3.63, 3.8) is 0 Å². The smallest absolute Gasteiger partial charge is 0.416 e. The first-order valence-corrected chi connectivity index (χ1v) is 5.52. The third-order valence-corrected chi connectivity index (χ3v) is 2.17. The second-order valence-electron chi connectivity index (χ2n) is 3.77. The normalized spacial score (nSPS) is 11.6. The van der Waals surface area contributed by atoms with Crippen molar-refractivity contribution in [2.45, 2.75) is 19.3 Å². The van der Waals surface area contributed by atoms with Crippen molar-refractivity contribution in [3.05, 3.63) is 34.9 Å². The number of carbonyl (C=O) groups excluding carboxylic acids is 1. The van der Waals surface area contributed by atoms with Gasteiger partial charge in [-0.05, 0) is 25.1 Å². The van der Waals surface area contributed by atoms with Crippen LogP contribution in [-0.4, -0.2) is 12.6 Å². The summed E-state index contributed by atoms with van der Waals surface area (Å²) in [5.74, 6) is 2.70. The molecular formula is C13H8F6O2. The van der Waals surface area contributed by atoms with Crippen molar-refractivity contribution < 1.29 is 35.9 Å². The van der Waals surface area contributed by atoms with Gasteiger partial charge < -0.3 is 4.74 Å². The minimum absolute atomic E-state index is 0.0100. The summed E-state index contributed by atoms with van der Waals surface area (Å²) in [4.78, 5) is 10.9. The van der Waals surface area contributed by atoms with Crippen LogP contribution >= 0.6 is 0 Å². The van der Waals surface area contributed by atoms with Crippen LogP contribution in [0.2, 0.25) is 0 Å². The maximum Gasteiger partial charge on any atom is 0.416 e. The van der Waals surface area contributed by atoms with Gasteiger partial charge in [-0.15, -0.1) is 0 Å². The Labute approximate surface area is 115 Å². The summed E-state index contributed by atoms with van der Waals surface area (Å²) in [6, 6.07) is 0.846. The van der Waals surface area contributed by atoms with Gasteiger partial charge in [0.05, 0.1) is 17.7 Å². The van der Waals surface area contributed by atoms with E-state index in [0.717, 1.165) is 0 Å². The van der Waals surface area contributed by atoms with Crippen molar-refractivity contribution in [1.82, 2.24) is 0 Å². The standard InChI is InChI=1S/C13H8F6O2/c1-2-21-11(20)4-3-8-5-9(12(14,15)16)7-10(6-8)13(17,18)19/h5-7H,2H2,1H3. The van der Waals surface area contributed by atoms with Crippen LogP contribution in [0.3, 0.4) is 0 Å². The van der Waals surface area contributed by atoms with Crippen molar-refractivity contribution in [1.29, 1.82) is 0 Å². The van der Waals surface area contributed by atoms with Crippen LogP contribution in [0.1, 0.15) is 23.6 Å². The van der Waals surface area contributed by atoms with Gasteiger partial charge in [-0.3, -0.25) is 0 Å². The molecule has 2 nitrogen and oxygen atoms in total. The first kappa shape index (κ1) is 16.9. The molecule has 114 valence electrons. The quantitative estimate of drug-likeness (QED) is 0.450. The van der Waals surface area contributed by atoms with Gasteiger partial charge in [-0.1, -0.05) is 5.92 Å². The van der Waals surface area contributed by atoms with Crippen molar-refractivity contribution in [3.8, 4) is 11.8 Å². The van der Waals surface area contributed by atoms with Gasteiger partial charge in [-0.25, -0.2) is 4.79 Å². The van der Waals surface area contributed by atoms with Gasteiger partial charge in [0, 0.05) is 11.5 Å². The molecule has 1 aromatic rings. The summed E-state index contributed by atoms with van der Waals surface area (Å²) >= 11 is 0. The van der Waals surface area contributed by atoms with Gasteiger partial charge >= 0.3 is 18.3 Å². The number of halogens is 6. The van der Waals surface area contributed by atoms with Crippen molar-refractivity contribution in [2.75, 3.05) is 6.61 Å². The summed E-state index contributed by atoms with van der Waals surface area (Å²) in [6.45, 7) is 1.47. The molecule has 0 aliphatic rings. The maximum atomic E-state index is 12.5. The summed E-state index contributed by atoms with van der Waals surface area (Å²) in [6.07, 6.45) is -9.91. The van der Waals surface area contributed by atoms with Crippen LogP contribution in [0, 0.1) is 11.8 Å². The van der Waals surface area contributed by atoms with Gasteiger partial charge in [-0.2, -0.15) is 26.3 Å². The second kappa shape index (κ2) is 6.08. The van der Waals surface area contributed by atoms with E-state index in [4.69, 9.17) is 0 Å². The average Bonchev–Trinajstić information content (AvgIpc) is 2.34. The Kier molecular flexibility index (Phi) is 4.88. The monoisotopic (exact) mass is 310 g/mol. The molecule has 0 unspecified atom stereocenters. The highest BCUT2D eigenvalue weighted by molar-refractivity contribution is 5.89. The molecule has 0 aliphatic heterocycles. The zero-order chi connectivity index (χ0) is 16.3. The van der Waals surface area contributed by atoms with Crippen LogP contribution in [-0.2, 0) is 21.9 Å². The average molecular weight is 310 g/mol. The van der Waals surface area contributed by atoms with Crippen LogP contribution in [0.4, 0.5) is 26.3 Å². The fraction of sp³-hybridized carbons (Fsp3) is 0.308. The SMILES string of the molecule is CCOC(=O)C#Cc1cc(C(F)(F)F)cc(C(F)(F)F)c1. The van der Waals surface area contributed by atoms with E-state index >= 15 is 0 Å². The fourth-order valence-electron chi connectivity index (χ4n) is 1.32. The molecule has 21 heavy (non-hydrogen) atoms. The lowest BCUT2D eigenvalue weighted by atomic mass is 10.0. The minimum atomic E-state index is -4.96. The van der Waals surface area contributed by atoms with Crippen LogP contribution in [0.25, 0.3) is 0 Å². The van der Waals surface area contributed by atoms with E-state index < -0.39 is 35.0 Å². The molecule has 1 aromatic carbocycles. The van der Waals surface area contributed by atoms with E-state index in [2.05, 4.69) is 4.74 Å². The number of hydrogen-bond donors (Lipinski definition) is 0. The van der Waals surface area contributed by atoms with Crippen LogP contribution in [0.15, 0.2) is 18.2 Å². The number of ether oxygens (including phenoxy) is 1. The molecule has 0 bridgehead atoms. The van der Waals surface area contributed by atoms with Gasteiger partial charge in [0.25, 0.3) is 0 Å². The molecule has 0 N–H and O–H groups in total. The maximum absolute atomic E-state index is 12.5.